The number of anilines is 2. The number of amides is 2. The van der Waals surface area contributed by atoms with E-state index in [4.69, 9.17) is 5.73 Å². The molecule has 1 aromatic carbocycles. The van der Waals surface area contributed by atoms with Gasteiger partial charge in [-0.1, -0.05) is 6.07 Å². The fourth-order valence-corrected chi connectivity index (χ4v) is 1.74. The number of carbonyl (C=O) groups is 1. The van der Waals surface area contributed by atoms with E-state index in [1.165, 1.54) is 0 Å². The first-order valence-corrected chi connectivity index (χ1v) is 5.17. The van der Waals surface area contributed by atoms with Crippen LogP contribution in [0.5, 0.6) is 0 Å². The van der Waals surface area contributed by atoms with Crippen LogP contribution < -0.4 is 11.1 Å². The molecule has 0 spiro atoms. The van der Waals surface area contributed by atoms with Gasteiger partial charge in [0, 0.05) is 24.5 Å². The summed E-state index contributed by atoms with van der Waals surface area (Å²) in [5.41, 5.74) is 7.04. The van der Waals surface area contributed by atoms with Crippen LogP contribution in [-0.4, -0.2) is 24.0 Å². The zero-order valence-electron chi connectivity index (χ0n) is 8.57. The number of urea groups is 1. The number of benzene rings is 1. The van der Waals surface area contributed by atoms with Crippen molar-refractivity contribution in [2.24, 2.45) is 0 Å². The van der Waals surface area contributed by atoms with Gasteiger partial charge in [-0.05, 0) is 31.0 Å². The average Bonchev–Trinajstić information content (AvgIpc) is 2.70. The minimum absolute atomic E-state index is 0.0295. The molecule has 0 aliphatic carbocycles. The largest absolute Gasteiger partial charge is 0.399 e. The first kappa shape index (κ1) is 9.83. The first-order valence-electron chi connectivity index (χ1n) is 5.17. The van der Waals surface area contributed by atoms with Crippen molar-refractivity contribution < 1.29 is 4.79 Å². The van der Waals surface area contributed by atoms with Crippen LogP contribution in [0.4, 0.5) is 16.2 Å². The van der Waals surface area contributed by atoms with Crippen molar-refractivity contribution in [3.05, 3.63) is 24.3 Å². The fourth-order valence-electron chi connectivity index (χ4n) is 1.74. The molecule has 1 heterocycles. The molecule has 0 unspecified atom stereocenters. The molecule has 4 heteroatoms. The van der Waals surface area contributed by atoms with E-state index in [0.717, 1.165) is 31.6 Å². The van der Waals surface area contributed by atoms with Crippen LogP contribution in [0, 0.1) is 0 Å². The molecule has 0 saturated carbocycles. The smallest absolute Gasteiger partial charge is 0.321 e. The number of nitrogens with two attached hydrogens (primary N) is 1. The lowest BCUT2D eigenvalue weighted by atomic mass is 10.3. The van der Waals surface area contributed by atoms with E-state index in [1.54, 1.807) is 12.1 Å². The molecule has 15 heavy (non-hydrogen) atoms. The molecule has 1 aliphatic rings. The van der Waals surface area contributed by atoms with Crippen LogP contribution in [0.15, 0.2) is 24.3 Å². The molecule has 3 N–H and O–H groups in total. The normalized spacial score (nSPS) is 15.3. The topological polar surface area (TPSA) is 58.4 Å². The maximum Gasteiger partial charge on any atom is 0.321 e. The molecule has 4 nitrogen and oxygen atoms in total. The summed E-state index contributed by atoms with van der Waals surface area (Å²) < 4.78 is 0. The Labute approximate surface area is 89.1 Å². The number of nitrogens with zero attached hydrogens (tertiary/aromatic N) is 1. The van der Waals surface area contributed by atoms with E-state index in [9.17, 15) is 4.79 Å². The number of hydrogen-bond donors (Lipinski definition) is 2. The molecule has 2 rings (SSSR count). The van der Waals surface area contributed by atoms with Crippen molar-refractivity contribution in [3.8, 4) is 0 Å². The van der Waals surface area contributed by atoms with Crippen molar-refractivity contribution in [3.63, 3.8) is 0 Å². The van der Waals surface area contributed by atoms with Gasteiger partial charge < -0.3 is 16.0 Å². The molecule has 1 fully saturated rings. The summed E-state index contributed by atoms with van der Waals surface area (Å²) in [6.07, 6.45) is 2.20. The summed E-state index contributed by atoms with van der Waals surface area (Å²) in [5.74, 6) is 0. The Hall–Kier alpha value is -1.71. The van der Waals surface area contributed by atoms with Gasteiger partial charge in [0.25, 0.3) is 0 Å². The summed E-state index contributed by atoms with van der Waals surface area (Å²) in [5, 5.41) is 2.83. The van der Waals surface area contributed by atoms with E-state index in [1.807, 2.05) is 17.0 Å². The van der Waals surface area contributed by atoms with E-state index in [2.05, 4.69) is 5.32 Å². The van der Waals surface area contributed by atoms with Crippen LogP contribution in [0.3, 0.4) is 0 Å². The van der Waals surface area contributed by atoms with Gasteiger partial charge in [0.05, 0.1) is 0 Å². The Morgan fingerprint density at radius 2 is 2.07 bits per heavy atom. The molecule has 1 saturated heterocycles. The Bertz CT molecular complexity index is 359. The van der Waals surface area contributed by atoms with E-state index in [0.29, 0.717) is 5.69 Å². The van der Waals surface area contributed by atoms with Crippen LogP contribution in [0.2, 0.25) is 0 Å². The van der Waals surface area contributed by atoms with Gasteiger partial charge in [-0.15, -0.1) is 0 Å². The van der Waals surface area contributed by atoms with Crippen LogP contribution >= 0.6 is 0 Å². The summed E-state index contributed by atoms with van der Waals surface area (Å²) in [6.45, 7) is 1.71. The van der Waals surface area contributed by atoms with Gasteiger partial charge in [0.2, 0.25) is 0 Å². The molecular weight excluding hydrogens is 190 g/mol. The van der Waals surface area contributed by atoms with Gasteiger partial charge in [-0.2, -0.15) is 0 Å². The maximum atomic E-state index is 11.7. The van der Waals surface area contributed by atoms with E-state index in [-0.39, 0.29) is 6.03 Å². The van der Waals surface area contributed by atoms with Crippen LogP contribution in [0.1, 0.15) is 12.8 Å². The summed E-state index contributed by atoms with van der Waals surface area (Å²) in [7, 11) is 0. The molecule has 1 aliphatic heterocycles. The molecule has 0 bridgehead atoms. The lowest BCUT2D eigenvalue weighted by molar-refractivity contribution is 0.222. The lowest BCUT2D eigenvalue weighted by Crippen LogP contribution is -2.32. The van der Waals surface area contributed by atoms with Gasteiger partial charge in [-0.25, -0.2) is 4.79 Å². The second-order valence-corrected chi connectivity index (χ2v) is 3.75. The third-order valence-corrected chi connectivity index (χ3v) is 2.53. The zero-order chi connectivity index (χ0) is 10.7. The maximum absolute atomic E-state index is 11.7. The summed E-state index contributed by atoms with van der Waals surface area (Å²) >= 11 is 0. The zero-order valence-corrected chi connectivity index (χ0v) is 8.57. The number of nitrogens with one attached hydrogen (secondary N) is 1. The minimum Gasteiger partial charge on any atom is -0.399 e. The highest BCUT2D eigenvalue weighted by Gasteiger charge is 2.17. The molecule has 0 radical (unpaired) electrons. The lowest BCUT2D eigenvalue weighted by Gasteiger charge is -2.16. The Morgan fingerprint density at radius 3 is 2.73 bits per heavy atom. The van der Waals surface area contributed by atoms with Crippen LogP contribution in [0.25, 0.3) is 0 Å². The van der Waals surface area contributed by atoms with E-state index < -0.39 is 0 Å². The summed E-state index contributed by atoms with van der Waals surface area (Å²) in [6, 6.07) is 7.19. The number of rotatable bonds is 1. The Morgan fingerprint density at radius 1 is 1.33 bits per heavy atom. The third kappa shape index (κ3) is 2.40. The molecule has 0 atom stereocenters. The highest BCUT2D eigenvalue weighted by Crippen LogP contribution is 2.14. The standard InChI is InChI=1S/C11H15N3O/c12-9-4-3-5-10(8-9)13-11(15)14-6-1-2-7-14/h3-5,8H,1-2,6-7,12H2,(H,13,15). The highest BCUT2D eigenvalue weighted by atomic mass is 16.2. The molecule has 2 amide bonds. The summed E-state index contributed by atoms with van der Waals surface area (Å²) in [4.78, 5) is 13.5. The molecular formula is C11H15N3O. The third-order valence-electron chi connectivity index (χ3n) is 2.53. The predicted octanol–water partition coefficient (Wildman–Crippen LogP) is 1.90. The second-order valence-electron chi connectivity index (χ2n) is 3.75. The van der Waals surface area contributed by atoms with Crippen molar-refractivity contribution in [1.29, 1.82) is 0 Å². The molecule has 80 valence electrons. The van der Waals surface area contributed by atoms with Gasteiger partial charge in [-0.3, -0.25) is 0 Å². The van der Waals surface area contributed by atoms with Crippen LogP contribution in [-0.2, 0) is 0 Å². The fraction of sp³-hybridized carbons (Fsp3) is 0.364. The quantitative estimate of drug-likeness (QED) is 0.688. The minimum atomic E-state index is -0.0295. The molecule has 1 aromatic rings. The number of nitrogen functional groups attached to an aromatic ring is 1. The monoisotopic (exact) mass is 205 g/mol. The number of carbonyl (C=O) groups excluding carboxylic acids is 1. The second kappa shape index (κ2) is 4.21. The van der Waals surface area contributed by atoms with Gasteiger partial charge >= 0.3 is 6.03 Å². The molecule has 0 aromatic heterocycles. The van der Waals surface area contributed by atoms with Gasteiger partial charge in [0.15, 0.2) is 0 Å². The number of likely N-dealkylation sites (tertiary alicyclic amines) is 1. The van der Waals surface area contributed by atoms with E-state index >= 15 is 0 Å². The van der Waals surface area contributed by atoms with Crippen molar-refractivity contribution in [2.75, 3.05) is 24.1 Å². The first-order chi connectivity index (χ1) is 7.25. The van der Waals surface area contributed by atoms with Crippen molar-refractivity contribution in [1.82, 2.24) is 4.90 Å². The Kier molecular flexibility index (Phi) is 2.76. The highest BCUT2D eigenvalue weighted by molar-refractivity contribution is 5.89. The van der Waals surface area contributed by atoms with Gasteiger partial charge in [0.1, 0.15) is 0 Å². The number of hydrogen-bond acceptors (Lipinski definition) is 2. The Balaban J connectivity index is 1.99. The SMILES string of the molecule is Nc1cccc(NC(=O)N2CCCC2)c1. The average molecular weight is 205 g/mol. The predicted molar refractivity (Wildman–Crippen MR) is 60.7 cm³/mol. The van der Waals surface area contributed by atoms with Crippen molar-refractivity contribution >= 4 is 17.4 Å². The van der Waals surface area contributed by atoms with Crippen molar-refractivity contribution in [2.45, 2.75) is 12.8 Å².